The van der Waals surface area contributed by atoms with Crippen molar-refractivity contribution >= 4 is 0 Å². The fraction of sp³-hybridized carbons (Fsp3) is 0.556. The van der Waals surface area contributed by atoms with Crippen LogP contribution in [0, 0.1) is 11.6 Å². The number of rotatable bonds is 3. The van der Waals surface area contributed by atoms with Crippen molar-refractivity contribution in [3.05, 3.63) is 41.5 Å². The Bertz CT molecular complexity index is 756. The van der Waals surface area contributed by atoms with E-state index in [0.29, 0.717) is 30.0 Å². The van der Waals surface area contributed by atoms with Gasteiger partial charge >= 0.3 is 0 Å². The first-order valence-electron chi connectivity index (χ1n) is 8.80. The van der Waals surface area contributed by atoms with Crippen LogP contribution in [-0.2, 0) is 4.74 Å². The summed E-state index contributed by atoms with van der Waals surface area (Å²) in [7, 11) is 0. The van der Waals surface area contributed by atoms with E-state index >= 15 is 0 Å². The average molecular weight is 348 g/mol. The first kappa shape index (κ1) is 16.6. The van der Waals surface area contributed by atoms with E-state index < -0.39 is 11.6 Å². The Kier molecular flexibility index (Phi) is 4.29. The second kappa shape index (κ2) is 6.46. The molecule has 2 aromatic rings. The van der Waals surface area contributed by atoms with E-state index in [0.717, 1.165) is 25.6 Å². The summed E-state index contributed by atoms with van der Waals surface area (Å²) in [6.07, 6.45) is 2.09. The minimum absolute atomic E-state index is 0.113. The Morgan fingerprint density at radius 2 is 1.96 bits per heavy atom. The number of morpholine rings is 1. The summed E-state index contributed by atoms with van der Waals surface area (Å²) in [4.78, 5) is 7.05. The van der Waals surface area contributed by atoms with Crippen LogP contribution in [0.2, 0.25) is 0 Å². The number of halogens is 2. The normalized spacial score (nSPS) is 24.0. The number of aromatic nitrogens is 3. The van der Waals surface area contributed by atoms with Crippen LogP contribution in [-0.4, -0.2) is 45.4 Å². The van der Waals surface area contributed by atoms with Gasteiger partial charge in [-0.2, -0.15) is 5.10 Å². The van der Waals surface area contributed by atoms with E-state index in [1.54, 1.807) is 0 Å². The Morgan fingerprint density at radius 3 is 2.68 bits per heavy atom. The minimum atomic E-state index is -0.633. The van der Waals surface area contributed by atoms with Gasteiger partial charge in [0, 0.05) is 24.6 Å². The molecule has 134 valence electrons. The summed E-state index contributed by atoms with van der Waals surface area (Å²) in [5.74, 6) is 0.103. The molecule has 25 heavy (non-hydrogen) atoms. The molecule has 2 aliphatic rings. The SMILES string of the molecule is CC(C)c1nc([C@H]2CN3CCC[C@H]3CO2)n(-c2cc(F)cc(F)c2)n1. The number of hydrogen-bond acceptors (Lipinski definition) is 4. The maximum absolute atomic E-state index is 13.7. The lowest BCUT2D eigenvalue weighted by Crippen LogP contribution is -2.43. The quantitative estimate of drug-likeness (QED) is 0.854. The van der Waals surface area contributed by atoms with Gasteiger partial charge in [-0.05, 0) is 31.5 Å². The lowest BCUT2D eigenvalue weighted by atomic mass is 10.1. The topological polar surface area (TPSA) is 43.2 Å². The van der Waals surface area contributed by atoms with Crippen LogP contribution >= 0.6 is 0 Å². The molecule has 0 spiro atoms. The van der Waals surface area contributed by atoms with Crippen molar-refractivity contribution in [2.75, 3.05) is 19.7 Å². The minimum Gasteiger partial charge on any atom is -0.367 e. The molecule has 2 saturated heterocycles. The first-order valence-corrected chi connectivity index (χ1v) is 8.80. The van der Waals surface area contributed by atoms with Gasteiger partial charge < -0.3 is 4.74 Å². The third kappa shape index (κ3) is 3.18. The van der Waals surface area contributed by atoms with Crippen LogP contribution < -0.4 is 0 Å². The van der Waals surface area contributed by atoms with Crippen LogP contribution in [0.5, 0.6) is 0 Å². The van der Waals surface area contributed by atoms with Crippen molar-refractivity contribution < 1.29 is 13.5 Å². The maximum Gasteiger partial charge on any atom is 0.162 e. The highest BCUT2D eigenvalue weighted by atomic mass is 19.1. The molecule has 3 heterocycles. The van der Waals surface area contributed by atoms with E-state index in [4.69, 9.17) is 4.74 Å². The van der Waals surface area contributed by atoms with Crippen molar-refractivity contribution in [1.82, 2.24) is 19.7 Å². The number of fused-ring (bicyclic) bond motifs is 1. The van der Waals surface area contributed by atoms with Crippen molar-refractivity contribution in [2.45, 2.75) is 44.8 Å². The van der Waals surface area contributed by atoms with E-state index in [2.05, 4.69) is 15.0 Å². The molecule has 2 aliphatic heterocycles. The fourth-order valence-electron chi connectivity index (χ4n) is 3.62. The zero-order valence-corrected chi connectivity index (χ0v) is 14.5. The number of ether oxygens (including phenoxy) is 1. The molecule has 1 aromatic carbocycles. The second-order valence-corrected chi connectivity index (χ2v) is 7.14. The van der Waals surface area contributed by atoms with E-state index in [1.807, 2.05) is 13.8 Å². The van der Waals surface area contributed by atoms with E-state index in [9.17, 15) is 8.78 Å². The lowest BCUT2D eigenvalue weighted by molar-refractivity contribution is -0.0550. The Balaban J connectivity index is 1.73. The molecule has 0 unspecified atom stereocenters. The van der Waals surface area contributed by atoms with Crippen molar-refractivity contribution in [3.63, 3.8) is 0 Å². The predicted octanol–water partition coefficient (Wildman–Crippen LogP) is 3.20. The monoisotopic (exact) mass is 348 g/mol. The van der Waals surface area contributed by atoms with Crippen LogP contribution in [0.1, 0.15) is 50.4 Å². The van der Waals surface area contributed by atoms with Gasteiger partial charge in [0.05, 0.1) is 12.3 Å². The molecule has 0 saturated carbocycles. The van der Waals surface area contributed by atoms with Crippen molar-refractivity contribution in [2.24, 2.45) is 0 Å². The molecule has 2 fully saturated rings. The molecule has 0 bridgehead atoms. The summed E-state index contributed by atoms with van der Waals surface area (Å²) in [5, 5.41) is 4.50. The lowest BCUT2D eigenvalue weighted by Gasteiger charge is -2.34. The van der Waals surface area contributed by atoms with Crippen LogP contribution in [0.25, 0.3) is 5.69 Å². The van der Waals surface area contributed by atoms with Crippen LogP contribution in [0.4, 0.5) is 8.78 Å². The van der Waals surface area contributed by atoms with Crippen LogP contribution in [0.15, 0.2) is 18.2 Å². The van der Waals surface area contributed by atoms with Crippen LogP contribution in [0.3, 0.4) is 0 Å². The molecule has 0 aliphatic carbocycles. The number of hydrogen-bond donors (Lipinski definition) is 0. The van der Waals surface area contributed by atoms with Gasteiger partial charge in [0.1, 0.15) is 17.7 Å². The van der Waals surface area contributed by atoms with E-state index in [1.165, 1.54) is 23.2 Å². The zero-order chi connectivity index (χ0) is 17.6. The molecule has 7 heteroatoms. The Labute approximate surface area is 145 Å². The molecule has 0 N–H and O–H groups in total. The average Bonchev–Trinajstić information content (AvgIpc) is 3.20. The van der Waals surface area contributed by atoms with Crippen molar-refractivity contribution in [3.8, 4) is 5.69 Å². The largest absolute Gasteiger partial charge is 0.367 e. The summed E-state index contributed by atoms with van der Waals surface area (Å²) < 4.78 is 34.9. The zero-order valence-electron chi connectivity index (χ0n) is 14.5. The molecule has 0 radical (unpaired) electrons. The molecular weight excluding hydrogens is 326 g/mol. The molecule has 0 amide bonds. The highest BCUT2D eigenvalue weighted by molar-refractivity contribution is 5.33. The van der Waals surface area contributed by atoms with E-state index in [-0.39, 0.29) is 12.0 Å². The molecular formula is C18H22F2N4O. The molecule has 4 rings (SSSR count). The highest BCUT2D eigenvalue weighted by Crippen LogP contribution is 2.31. The predicted molar refractivity (Wildman–Crippen MR) is 88.7 cm³/mol. The van der Waals surface area contributed by atoms with Gasteiger partial charge in [0.15, 0.2) is 11.6 Å². The fourth-order valence-corrected chi connectivity index (χ4v) is 3.62. The summed E-state index contributed by atoms with van der Waals surface area (Å²) in [6, 6.07) is 3.87. The molecule has 1 aromatic heterocycles. The van der Waals surface area contributed by atoms with Gasteiger partial charge in [0.25, 0.3) is 0 Å². The van der Waals surface area contributed by atoms with Gasteiger partial charge in [-0.25, -0.2) is 18.4 Å². The standard InChI is InChI=1S/C18H22F2N4O/c1-11(2)17-21-18(16-9-23-5-3-4-14(23)10-25-16)24(22-17)15-7-12(19)6-13(20)8-15/h6-8,11,14,16H,3-5,9-10H2,1-2H3/t14-,16+/m0/s1. The number of benzene rings is 1. The first-order chi connectivity index (χ1) is 12.0. The van der Waals surface area contributed by atoms with Crippen molar-refractivity contribution in [1.29, 1.82) is 0 Å². The van der Waals surface area contributed by atoms with Gasteiger partial charge in [-0.1, -0.05) is 13.8 Å². The third-order valence-corrected chi connectivity index (χ3v) is 4.93. The Hall–Kier alpha value is -1.86. The third-order valence-electron chi connectivity index (χ3n) is 4.93. The van der Waals surface area contributed by atoms with Gasteiger partial charge in [-0.3, -0.25) is 4.90 Å². The molecule has 2 atom stereocenters. The van der Waals surface area contributed by atoms with Gasteiger partial charge in [-0.15, -0.1) is 0 Å². The Morgan fingerprint density at radius 1 is 1.20 bits per heavy atom. The highest BCUT2D eigenvalue weighted by Gasteiger charge is 2.35. The number of nitrogens with zero attached hydrogens (tertiary/aromatic N) is 4. The second-order valence-electron chi connectivity index (χ2n) is 7.14. The maximum atomic E-state index is 13.7. The summed E-state index contributed by atoms with van der Waals surface area (Å²) >= 11 is 0. The van der Waals surface area contributed by atoms with Gasteiger partial charge in [0.2, 0.25) is 0 Å². The summed E-state index contributed by atoms with van der Waals surface area (Å²) in [5.41, 5.74) is 0.332. The molecule has 5 nitrogen and oxygen atoms in total. The summed E-state index contributed by atoms with van der Waals surface area (Å²) in [6.45, 7) is 6.44. The smallest absolute Gasteiger partial charge is 0.162 e.